The van der Waals surface area contributed by atoms with Gasteiger partial charge in [0.1, 0.15) is 18.5 Å². The van der Waals surface area contributed by atoms with Gasteiger partial charge in [-0.05, 0) is 18.9 Å². The van der Waals surface area contributed by atoms with Gasteiger partial charge >= 0.3 is 23.9 Å². The second kappa shape index (κ2) is 8.41. The van der Waals surface area contributed by atoms with Crippen LogP contribution in [0.5, 0.6) is 0 Å². The number of Topliss-reactive ketones (excluding diaryl/α,β-unsaturated/α-hetero) is 1. The molecule has 11 nitrogen and oxygen atoms in total. The summed E-state index contributed by atoms with van der Waals surface area (Å²) in [4.78, 5) is 61.3. The van der Waals surface area contributed by atoms with E-state index in [0.29, 0.717) is 5.57 Å². The van der Waals surface area contributed by atoms with Gasteiger partial charge in [0.25, 0.3) is 0 Å². The van der Waals surface area contributed by atoms with Crippen molar-refractivity contribution in [1.29, 1.82) is 0 Å². The van der Waals surface area contributed by atoms with Gasteiger partial charge in [0.15, 0.2) is 17.8 Å². The molecule has 4 rings (SSSR count). The van der Waals surface area contributed by atoms with Crippen LogP contribution in [0.25, 0.3) is 0 Å². The van der Waals surface area contributed by atoms with Crippen molar-refractivity contribution in [2.24, 2.45) is 11.8 Å². The molecule has 1 saturated carbocycles. The third kappa shape index (κ3) is 3.67. The summed E-state index contributed by atoms with van der Waals surface area (Å²) in [5.41, 5.74) is -4.60. The van der Waals surface area contributed by atoms with Gasteiger partial charge in [-0.2, -0.15) is 0 Å². The highest BCUT2D eigenvalue weighted by Gasteiger charge is 2.83. The fourth-order valence-electron chi connectivity index (χ4n) is 6.60. The first-order valence-corrected chi connectivity index (χ1v) is 11.6. The number of fused-ring (bicyclic) bond motifs is 4. The van der Waals surface area contributed by atoms with E-state index in [2.05, 4.69) is 0 Å². The van der Waals surface area contributed by atoms with Crippen LogP contribution in [-0.4, -0.2) is 76.5 Å². The van der Waals surface area contributed by atoms with Gasteiger partial charge in [-0.15, -0.1) is 0 Å². The number of esters is 4. The van der Waals surface area contributed by atoms with Crippen molar-refractivity contribution in [3.05, 3.63) is 11.6 Å². The largest absolute Gasteiger partial charge is 0.461 e. The molecule has 1 spiro atoms. The smallest absolute Gasteiger partial charge is 0.303 e. The predicted molar refractivity (Wildman–Crippen MR) is 114 cm³/mol. The topological polar surface area (TPSA) is 152 Å². The molecule has 3 fully saturated rings. The van der Waals surface area contributed by atoms with Gasteiger partial charge in [0.05, 0.1) is 5.60 Å². The first-order chi connectivity index (χ1) is 16.3. The Bertz CT molecular complexity index is 1020. The summed E-state index contributed by atoms with van der Waals surface area (Å²) in [5.74, 6) is -4.75. The maximum atomic E-state index is 12.5. The summed E-state index contributed by atoms with van der Waals surface area (Å²) in [6.45, 7) is 5.79. The lowest BCUT2D eigenvalue weighted by molar-refractivity contribution is -0.270. The zero-order valence-corrected chi connectivity index (χ0v) is 20.3. The molecule has 35 heavy (non-hydrogen) atoms. The SMILES string of the molecule is CC(=O)OC[C@]1(OC(C)=O)[C@@H]2O[C@@]3([C@@H]1OC(C)=O)[C@@H](OC(C)=O)C(C)=C[C@H]3[C@@]1(O)CCC(=O)C[C@H]21. The van der Waals surface area contributed by atoms with Crippen molar-refractivity contribution in [3.8, 4) is 0 Å². The molecule has 0 radical (unpaired) electrons. The Balaban J connectivity index is 2.00. The van der Waals surface area contributed by atoms with E-state index >= 15 is 0 Å². The summed E-state index contributed by atoms with van der Waals surface area (Å²) >= 11 is 0. The Hall–Kier alpha value is -2.79. The standard InChI is InChI=1S/C24H30O11/c1-11-8-18-22(30)7-6-16(29)9-17(22)20-23(34-15(5)28,10-31-12(2)25)21(33-14(4)27)24(18,35-20)19(11)32-13(3)26/h8,17-21,30H,6-7,9-10H2,1-5H3/t17-,18+,19+,20-,21-,22-,23+,24-/m1/s1. The van der Waals surface area contributed by atoms with Crippen molar-refractivity contribution in [3.63, 3.8) is 0 Å². The van der Waals surface area contributed by atoms with Gasteiger partial charge < -0.3 is 28.8 Å². The molecular weight excluding hydrogens is 464 g/mol. The predicted octanol–water partition coefficient (Wildman–Crippen LogP) is 0.542. The summed E-state index contributed by atoms with van der Waals surface area (Å²) in [5, 5.41) is 12.1. The first kappa shape index (κ1) is 25.3. The number of carbonyl (C=O) groups excluding carboxylic acids is 5. The van der Waals surface area contributed by atoms with Gasteiger partial charge in [-0.25, -0.2) is 0 Å². The molecule has 0 amide bonds. The maximum absolute atomic E-state index is 12.5. The van der Waals surface area contributed by atoms with Crippen LogP contribution >= 0.6 is 0 Å². The lowest BCUT2D eigenvalue weighted by atomic mass is 9.62. The molecule has 2 heterocycles. The fourth-order valence-corrected chi connectivity index (χ4v) is 6.60. The van der Waals surface area contributed by atoms with E-state index in [-0.39, 0.29) is 25.0 Å². The minimum atomic E-state index is -1.91. The van der Waals surface area contributed by atoms with Crippen LogP contribution in [0.15, 0.2) is 11.6 Å². The van der Waals surface area contributed by atoms with E-state index in [1.165, 1.54) is 6.92 Å². The zero-order chi connectivity index (χ0) is 25.9. The van der Waals surface area contributed by atoms with Crippen molar-refractivity contribution in [1.82, 2.24) is 0 Å². The summed E-state index contributed by atoms with van der Waals surface area (Å²) in [7, 11) is 0. The summed E-state index contributed by atoms with van der Waals surface area (Å²) in [6, 6.07) is 0. The normalized spacial score (nSPS) is 41.3. The molecule has 2 aliphatic carbocycles. The van der Waals surface area contributed by atoms with Crippen molar-refractivity contribution in [2.75, 3.05) is 6.61 Å². The lowest BCUT2D eigenvalue weighted by Crippen LogP contribution is -2.67. The van der Waals surface area contributed by atoms with Gasteiger partial charge in [-0.1, -0.05) is 6.08 Å². The molecule has 4 aliphatic rings. The zero-order valence-electron chi connectivity index (χ0n) is 20.3. The third-order valence-electron chi connectivity index (χ3n) is 7.61. The van der Waals surface area contributed by atoms with Gasteiger partial charge in [0.2, 0.25) is 5.60 Å². The highest BCUT2D eigenvalue weighted by molar-refractivity contribution is 5.80. The molecule has 1 N–H and O–H groups in total. The summed E-state index contributed by atoms with van der Waals surface area (Å²) < 4.78 is 29.1. The van der Waals surface area contributed by atoms with Crippen molar-refractivity contribution >= 4 is 29.7 Å². The van der Waals surface area contributed by atoms with Crippen LogP contribution in [0.4, 0.5) is 0 Å². The Morgan fingerprint density at radius 1 is 1.06 bits per heavy atom. The van der Waals surface area contributed by atoms with Crippen molar-refractivity contribution in [2.45, 2.75) is 89.0 Å². The van der Waals surface area contributed by atoms with E-state index in [1.807, 2.05) is 0 Å². The average Bonchev–Trinajstić information content (AvgIpc) is 3.14. The molecule has 8 atom stereocenters. The Morgan fingerprint density at radius 2 is 1.71 bits per heavy atom. The Labute approximate surface area is 202 Å². The highest BCUT2D eigenvalue weighted by Crippen LogP contribution is 2.66. The number of ketones is 1. The molecule has 2 bridgehead atoms. The number of hydrogen-bond donors (Lipinski definition) is 1. The van der Waals surface area contributed by atoms with Crippen LogP contribution in [0.3, 0.4) is 0 Å². The van der Waals surface area contributed by atoms with Gasteiger partial charge in [0, 0.05) is 52.4 Å². The minimum Gasteiger partial charge on any atom is -0.461 e. The molecule has 0 aromatic rings. The molecule has 2 saturated heterocycles. The van der Waals surface area contributed by atoms with Crippen LogP contribution in [0.1, 0.15) is 53.9 Å². The van der Waals surface area contributed by atoms with Crippen molar-refractivity contribution < 1.29 is 52.8 Å². The van der Waals surface area contributed by atoms with Crippen LogP contribution in [-0.2, 0) is 47.7 Å². The van der Waals surface area contributed by atoms with E-state index in [9.17, 15) is 29.1 Å². The fraction of sp³-hybridized carbons (Fsp3) is 0.708. The minimum absolute atomic E-state index is 0.0792. The Kier molecular flexibility index (Phi) is 6.08. The number of hydrogen-bond acceptors (Lipinski definition) is 11. The first-order valence-electron chi connectivity index (χ1n) is 11.6. The quantitative estimate of drug-likeness (QED) is 0.324. The molecule has 0 aromatic carbocycles. The molecular formula is C24H30O11. The number of aliphatic hydroxyl groups is 1. The number of ether oxygens (including phenoxy) is 5. The van der Waals surface area contributed by atoms with E-state index in [4.69, 9.17) is 23.7 Å². The van der Waals surface area contributed by atoms with Crippen LogP contribution < -0.4 is 0 Å². The van der Waals surface area contributed by atoms with E-state index < -0.39 is 77.4 Å². The average molecular weight is 494 g/mol. The van der Waals surface area contributed by atoms with Crippen LogP contribution in [0, 0.1) is 11.8 Å². The maximum Gasteiger partial charge on any atom is 0.303 e. The number of carbonyl (C=O) groups is 5. The van der Waals surface area contributed by atoms with E-state index in [1.54, 1.807) is 13.0 Å². The van der Waals surface area contributed by atoms with Crippen LogP contribution in [0.2, 0.25) is 0 Å². The lowest BCUT2D eigenvalue weighted by Gasteiger charge is -2.54. The monoisotopic (exact) mass is 494 g/mol. The molecule has 0 unspecified atom stereocenters. The van der Waals surface area contributed by atoms with Gasteiger partial charge in [-0.3, -0.25) is 24.0 Å². The molecule has 2 aliphatic heterocycles. The molecule has 192 valence electrons. The highest BCUT2D eigenvalue weighted by atomic mass is 16.7. The van der Waals surface area contributed by atoms with E-state index in [0.717, 1.165) is 20.8 Å². The molecule has 11 heteroatoms. The second-order valence-electron chi connectivity index (χ2n) is 9.93. The number of rotatable bonds is 5. The second-order valence-corrected chi connectivity index (χ2v) is 9.93. The molecule has 0 aromatic heterocycles. The summed E-state index contributed by atoms with van der Waals surface area (Å²) in [6.07, 6.45) is -1.94. The Morgan fingerprint density at radius 3 is 2.29 bits per heavy atom. The third-order valence-corrected chi connectivity index (χ3v) is 7.61.